The summed E-state index contributed by atoms with van der Waals surface area (Å²) in [5.41, 5.74) is 1.45. The first kappa shape index (κ1) is 30.3. The lowest BCUT2D eigenvalue weighted by molar-refractivity contribution is 0.0878. The molecule has 0 saturated carbocycles. The number of rotatable bonds is 10. The van der Waals surface area contributed by atoms with Gasteiger partial charge in [-0.2, -0.15) is 0 Å². The molecule has 0 amide bonds. The van der Waals surface area contributed by atoms with Crippen LogP contribution in [0.5, 0.6) is 0 Å². The van der Waals surface area contributed by atoms with E-state index in [4.69, 9.17) is 0 Å². The van der Waals surface area contributed by atoms with Crippen molar-refractivity contribution in [3.63, 3.8) is 0 Å². The van der Waals surface area contributed by atoms with Crippen LogP contribution in [0.25, 0.3) is 0 Å². The van der Waals surface area contributed by atoms with Gasteiger partial charge < -0.3 is 4.90 Å². The number of hydrogen-bond acceptors (Lipinski definition) is 4. The summed E-state index contributed by atoms with van der Waals surface area (Å²) in [5, 5.41) is 0. The van der Waals surface area contributed by atoms with Crippen LogP contribution in [0.2, 0.25) is 0 Å². The molecule has 2 unspecified atom stereocenters. The fourth-order valence-corrected chi connectivity index (χ4v) is 5.90. The predicted molar refractivity (Wildman–Crippen MR) is 154 cm³/mol. The van der Waals surface area contributed by atoms with E-state index in [0.717, 1.165) is 25.2 Å². The average Bonchev–Trinajstić information content (AvgIpc) is 2.83. The Kier molecular flexibility index (Phi) is 13.9. The summed E-state index contributed by atoms with van der Waals surface area (Å²) in [7, 11) is 2.28. The Morgan fingerprint density at radius 1 is 0.771 bits per heavy atom. The Labute approximate surface area is 219 Å². The highest BCUT2D eigenvalue weighted by Gasteiger charge is 2.25. The maximum atomic E-state index is 2.70. The van der Waals surface area contributed by atoms with Crippen molar-refractivity contribution in [1.29, 1.82) is 0 Å². The van der Waals surface area contributed by atoms with Crippen LogP contribution in [0.4, 0.5) is 0 Å². The van der Waals surface area contributed by atoms with E-state index in [1.54, 1.807) is 0 Å². The fourth-order valence-electron chi connectivity index (χ4n) is 5.90. The monoisotopic (exact) mass is 486 g/mol. The number of hydrogen-bond donors (Lipinski definition) is 0. The standard InChI is InChI=1S/C18H30N2.C13H28N2/c1-4-19(16(2)3)15-18-12-8-9-13-20(18)14-17-10-6-5-7-11-17;1-11(2)15(12(3)4)10-13-8-6-7-9-14(13)5/h5-7,10-11,16,18H,4,8-9,12-15H2,1-3H3;11-13H,6-10H2,1-5H3. The van der Waals surface area contributed by atoms with Crippen molar-refractivity contribution in [3.05, 3.63) is 35.9 Å². The Morgan fingerprint density at radius 2 is 1.37 bits per heavy atom. The van der Waals surface area contributed by atoms with Crippen molar-refractivity contribution in [2.45, 2.75) is 124 Å². The van der Waals surface area contributed by atoms with Crippen LogP contribution >= 0.6 is 0 Å². The van der Waals surface area contributed by atoms with E-state index in [9.17, 15) is 0 Å². The van der Waals surface area contributed by atoms with E-state index in [2.05, 4.69) is 105 Å². The second-order valence-electron chi connectivity index (χ2n) is 11.8. The van der Waals surface area contributed by atoms with Gasteiger partial charge in [-0.3, -0.25) is 14.7 Å². The molecule has 0 spiro atoms. The molecule has 2 atom stereocenters. The summed E-state index contributed by atoms with van der Waals surface area (Å²) in [4.78, 5) is 10.5. The molecule has 202 valence electrons. The third-order valence-electron chi connectivity index (χ3n) is 8.23. The molecule has 2 saturated heterocycles. The van der Waals surface area contributed by atoms with Gasteiger partial charge in [0.1, 0.15) is 0 Å². The fraction of sp³-hybridized carbons (Fsp3) is 0.806. The summed E-state index contributed by atoms with van der Waals surface area (Å²) >= 11 is 0. The Hall–Kier alpha value is -0.940. The van der Waals surface area contributed by atoms with E-state index in [0.29, 0.717) is 18.1 Å². The van der Waals surface area contributed by atoms with Crippen LogP contribution in [0, 0.1) is 0 Å². The lowest BCUT2D eigenvalue weighted by atomic mass is 10.00. The summed E-state index contributed by atoms with van der Waals surface area (Å²) in [5.74, 6) is 0. The molecule has 0 aliphatic carbocycles. The molecule has 1 aromatic carbocycles. The minimum absolute atomic E-state index is 0.653. The smallest absolute Gasteiger partial charge is 0.0237 e. The molecule has 2 aliphatic rings. The van der Waals surface area contributed by atoms with Crippen molar-refractivity contribution in [1.82, 2.24) is 19.6 Å². The Balaban J connectivity index is 0.000000258. The van der Waals surface area contributed by atoms with Crippen LogP contribution in [-0.2, 0) is 6.54 Å². The molecule has 0 aromatic heterocycles. The van der Waals surface area contributed by atoms with Crippen molar-refractivity contribution in [2.75, 3.05) is 39.8 Å². The van der Waals surface area contributed by atoms with E-state index in [1.165, 1.54) is 70.3 Å². The van der Waals surface area contributed by atoms with Gasteiger partial charge in [-0.05, 0) is 99.5 Å². The molecule has 4 nitrogen and oxygen atoms in total. The first-order valence-corrected chi connectivity index (χ1v) is 14.7. The molecule has 4 heteroatoms. The zero-order valence-corrected chi connectivity index (χ0v) is 24.5. The summed E-state index contributed by atoms with van der Waals surface area (Å²) in [6, 6.07) is 14.4. The maximum absolute atomic E-state index is 2.70. The molecular formula is C31H58N4. The van der Waals surface area contributed by atoms with Gasteiger partial charge in [-0.1, -0.05) is 50.1 Å². The maximum Gasteiger partial charge on any atom is 0.0237 e. The highest BCUT2D eigenvalue weighted by molar-refractivity contribution is 5.14. The molecule has 35 heavy (non-hydrogen) atoms. The van der Waals surface area contributed by atoms with Gasteiger partial charge in [0.2, 0.25) is 0 Å². The van der Waals surface area contributed by atoms with Gasteiger partial charge in [0.05, 0.1) is 0 Å². The number of likely N-dealkylation sites (N-methyl/N-ethyl adjacent to an activating group) is 2. The first-order valence-electron chi connectivity index (χ1n) is 14.7. The van der Waals surface area contributed by atoms with E-state index in [1.807, 2.05) is 0 Å². The van der Waals surface area contributed by atoms with Crippen LogP contribution < -0.4 is 0 Å². The quantitative estimate of drug-likeness (QED) is 0.381. The summed E-state index contributed by atoms with van der Waals surface area (Å²) in [6.07, 6.45) is 8.29. The summed E-state index contributed by atoms with van der Waals surface area (Å²) < 4.78 is 0. The zero-order chi connectivity index (χ0) is 25.8. The number of benzene rings is 1. The number of likely N-dealkylation sites (tertiary alicyclic amines) is 2. The number of piperidine rings is 2. The second kappa shape index (κ2) is 16.0. The third-order valence-corrected chi connectivity index (χ3v) is 8.23. The molecule has 2 heterocycles. The Morgan fingerprint density at radius 3 is 1.91 bits per heavy atom. The van der Waals surface area contributed by atoms with Gasteiger partial charge in [0.15, 0.2) is 0 Å². The molecule has 0 N–H and O–H groups in total. The minimum atomic E-state index is 0.653. The first-order chi connectivity index (χ1) is 16.7. The SMILES string of the molecule is CC(C)N(CC1CCCCN1C)C(C)C.CCN(CC1CCCCN1Cc1ccccc1)C(C)C. The van der Waals surface area contributed by atoms with Gasteiger partial charge >= 0.3 is 0 Å². The van der Waals surface area contributed by atoms with Crippen molar-refractivity contribution in [2.24, 2.45) is 0 Å². The van der Waals surface area contributed by atoms with Crippen molar-refractivity contribution >= 4 is 0 Å². The van der Waals surface area contributed by atoms with Crippen LogP contribution in [0.3, 0.4) is 0 Å². The van der Waals surface area contributed by atoms with Crippen molar-refractivity contribution < 1.29 is 0 Å². The van der Waals surface area contributed by atoms with Gasteiger partial charge in [-0.25, -0.2) is 0 Å². The summed E-state index contributed by atoms with van der Waals surface area (Å²) in [6.45, 7) is 23.4. The molecule has 0 radical (unpaired) electrons. The second-order valence-corrected chi connectivity index (χ2v) is 11.8. The van der Waals surface area contributed by atoms with Crippen LogP contribution in [0.15, 0.2) is 30.3 Å². The molecule has 2 fully saturated rings. The number of nitrogens with zero attached hydrogens (tertiary/aromatic N) is 4. The largest absolute Gasteiger partial charge is 0.302 e. The zero-order valence-electron chi connectivity index (χ0n) is 24.5. The third kappa shape index (κ3) is 10.5. The molecule has 0 bridgehead atoms. The Bertz CT molecular complexity index is 651. The topological polar surface area (TPSA) is 13.0 Å². The minimum Gasteiger partial charge on any atom is -0.302 e. The lowest BCUT2D eigenvalue weighted by Crippen LogP contribution is -2.48. The average molecular weight is 487 g/mol. The predicted octanol–water partition coefficient (Wildman–Crippen LogP) is 6.36. The highest BCUT2D eigenvalue weighted by Crippen LogP contribution is 2.21. The van der Waals surface area contributed by atoms with Gasteiger partial charge in [-0.15, -0.1) is 0 Å². The normalized spacial score (nSPS) is 22.3. The highest BCUT2D eigenvalue weighted by atomic mass is 15.2. The van der Waals surface area contributed by atoms with Crippen LogP contribution in [0.1, 0.15) is 92.6 Å². The van der Waals surface area contributed by atoms with Gasteiger partial charge in [0, 0.05) is 49.8 Å². The molecular weight excluding hydrogens is 428 g/mol. The van der Waals surface area contributed by atoms with Crippen molar-refractivity contribution in [3.8, 4) is 0 Å². The van der Waals surface area contributed by atoms with E-state index < -0.39 is 0 Å². The van der Waals surface area contributed by atoms with E-state index >= 15 is 0 Å². The van der Waals surface area contributed by atoms with Gasteiger partial charge in [0.25, 0.3) is 0 Å². The molecule has 1 aromatic rings. The molecule has 2 aliphatic heterocycles. The van der Waals surface area contributed by atoms with Crippen LogP contribution in [-0.4, -0.2) is 89.6 Å². The van der Waals surface area contributed by atoms with E-state index in [-0.39, 0.29) is 0 Å². The lowest BCUT2D eigenvalue weighted by Gasteiger charge is -2.39. The molecule has 3 rings (SSSR count).